The Kier molecular flexibility index (Phi) is 6.14. The monoisotopic (exact) mass is 305 g/mol. The van der Waals surface area contributed by atoms with Crippen LogP contribution in [-0.4, -0.2) is 13.0 Å². The Hall–Kier alpha value is -2.11. The van der Waals surface area contributed by atoms with Crippen LogP contribution in [0.5, 0.6) is 0 Å². The predicted octanol–water partition coefficient (Wildman–Crippen LogP) is 3.21. The number of hydrogen-bond donors (Lipinski definition) is 2. The number of aryl methyl sites for hydroxylation is 1. The summed E-state index contributed by atoms with van der Waals surface area (Å²) >= 11 is 0. The average molecular weight is 305 g/mol. The molecule has 0 amide bonds. The van der Waals surface area contributed by atoms with Crippen LogP contribution in [0.2, 0.25) is 0 Å². The van der Waals surface area contributed by atoms with E-state index in [0.717, 1.165) is 11.3 Å². The quantitative estimate of drug-likeness (QED) is 0.674. The van der Waals surface area contributed by atoms with E-state index in [9.17, 15) is 8.42 Å². The van der Waals surface area contributed by atoms with Gasteiger partial charge in [0.15, 0.2) is 0 Å². The average Bonchev–Trinajstić information content (AvgIpc) is 2.43. The van der Waals surface area contributed by atoms with Gasteiger partial charge in [0, 0.05) is 12.1 Å². The Morgan fingerprint density at radius 3 is 2.05 bits per heavy atom. The smallest absolute Gasteiger partial charge is 0.290 e. The molecule has 0 heterocycles. The standard InChI is InChI=1S/C9H10O3S.C7H9N/c1-8(13(10,11)12)7-9-5-3-2-4-6-9;1-6-2-4-7(8)5-3-6/h2-6H,1,7H2,(H,10,11,12);2-5H,8H2,1H3. The lowest BCUT2D eigenvalue weighted by molar-refractivity contribution is 0.490. The van der Waals surface area contributed by atoms with Crippen LogP contribution in [0.15, 0.2) is 66.1 Å². The molecule has 0 unspecified atom stereocenters. The third-order valence-corrected chi connectivity index (χ3v) is 3.56. The van der Waals surface area contributed by atoms with Gasteiger partial charge in [-0.15, -0.1) is 0 Å². The molecular formula is C16H19NO3S. The molecule has 5 heteroatoms. The molecule has 112 valence electrons. The van der Waals surface area contributed by atoms with Crippen LogP contribution in [0.25, 0.3) is 0 Å². The molecule has 0 saturated heterocycles. The minimum atomic E-state index is -4.10. The zero-order valence-electron chi connectivity index (χ0n) is 11.9. The molecule has 0 spiro atoms. The van der Waals surface area contributed by atoms with Crippen LogP contribution < -0.4 is 5.73 Å². The summed E-state index contributed by atoms with van der Waals surface area (Å²) in [6.45, 7) is 5.32. The first-order valence-electron chi connectivity index (χ1n) is 6.30. The molecule has 0 radical (unpaired) electrons. The fraction of sp³-hybridized carbons (Fsp3) is 0.125. The SMILES string of the molecule is C=C(Cc1ccccc1)S(=O)(=O)O.Cc1ccc(N)cc1. The second-order valence-electron chi connectivity index (χ2n) is 4.59. The molecule has 0 bridgehead atoms. The highest BCUT2D eigenvalue weighted by Gasteiger charge is 2.10. The van der Waals surface area contributed by atoms with Gasteiger partial charge >= 0.3 is 0 Å². The lowest BCUT2D eigenvalue weighted by atomic mass is 10.1. The maximum Gasteiger partial charge on any atom is 0.290 e. The summed E-state index contributed by atoms with van der Waals surface area (Å²) in [4.78, 5) is -0.182. The van der Waals surface area contributed by atoms with Crippen LogP contribution in [0.1, 0.15) is 11.1 Å². The van der Waals surface area contributed by atoms with Gasteiger partial charge < -0.3 is 5.73 Å². The lowest BCUT2D eigenvalue weighted by Gasteiger charge is -2.01. The molecule has 0 aliphatic rings. The maximum atomic E-state index is 10.6. The Balaban J connectivity index is 0.000000235. The van der Waals surface area contributed by atoms with Crippen molar-refractivity contribution in [3.63, 3.8) is 0 Å². The summed E-state index contributed by atoms with van der Waals surface area (Å²) in [6.07, 6.45) is 0.152. The van der Waals surface area contributed by atoms with Crippen LogP contribution >= 0.6 is 0 Å². The van der Waals surface area contributed by atoms with E-state index < -0.39 is 10.1 Å². The Labute approximate surface area is 125 Å². The normalized spacial score (nSPS) is 10.4. The van der Waals surface area contributed by atoms with Crippen LogP contribution in [0.3, 0.4) is 0 Å². The minimum Gasteiger partial charge on any atom is -0.399 e. The Morgan fingerprint density at radius 2 is 1.62 bits per heavy atom. The van der Waals surface area contributed by atoms with Gasteiger partial charge in [-0.2, -0.15) is 8.42 Å². The summed E-state index contributed by atoms with van der Waals surface area (Å²) in [5.74, 6) is 0. The largest absolute Gasteiger partial charge is 0.399 e. The Bertz CT molecular complexity index is 656. The number of rotatable bonds is 3. The molecule has 2 aromatic carbocycles. The van der Waals surface area contributed by atoms with Gasteiger partial charge in [-0.05, 0) is 24.6 Å². The van der Waals surface area contributed by atoms with Gasteiger partial charge in [0.1, 0.15) is 0 Å². The molecule has 3 N–H and O–H groups in total. The number of nitrogen functional groups attached to an aromatic ring is 1. The first-order chi connectivity index (χ1) is 9.79. The van der Waals surface area contributed by atoms with E-state index in [1.54, 1.807) is 24.3 Å². The highest BCUT2D eigenvalue weighted by Crippen LogP contribution is 2.10. The molecule has 0 aliphatic carbocycles. The van der Waals surface area contributed by atoms with Crippen molar-refractivity contribution in [2.24, 2.45) is 0 Å². The highest BCUT2D eigenvalue weighted by atomic mass is 32.2. The van der Waals surface area contributed by atoms with Crippen molar-refractivity contribution in [1.82, 2.24) is 0 Å². The first-order valence-corrected chi connectivity index (χ1v) is 7.74. The van der Waals surface area contributed by atoms with Crippen molar-refractivity contribution < 1.29 is 13.0 Å². The fourth-order valence-corrected chi connectivity index (χ4v) is 1.83. The van der Waals surface area contributed by atoms with Crippen molar-refractivity contribution in [2.45, 2.75) is 13.3 Å². The van der Waals surface area contributed by atoms with E-state index in [1.165, 1.54) is 5.56 Å². The number of benzene rings is 2. The third-order valence-electron chi connectivity index (χ3n) is 2.69. The van der Waals surface area contributed by atoms with Crippen LogP contribution in [-0.2, 0) is 16.5 Å². The minimum absolute atomic E-state index is 0.152. The number of hydrogen-bond acceptors (Lipinski definition) is 3. The van der Waals surface area contributed by atoms with Crippen molar-refractivity contribution in [3.8, 4) is 0 Å². The molecule has 0 aromatic heterocycles. The predicted molar refractivity (Wildman–Crippen MR) is 86.4 cm³/mol. The van der Waals surface area contributed by atoms with Crippen molar-refractivity contribution >= 4 is 15.8 Å². The second kappa shape index (κ2) is 7.61. The number of anilines is 1. The highest BCUT2D eigenvalue weighted by molar-refractivity contribution is 7.89. The molecule has 2 aromatic rings. The van der Waals surface area contributed by atoms with Crippen LogP contribution in [0, 0.1) is 6.92 Å². The van der Waals surface area contributed by atoms with Gasteiger partial charge in [0.25, 0.3) is 10.1 Å². The summed E-state index contributed by atoms with van der Waals surface area (Å²) < 4.78 is 29.8. The van der Waals surface area contributed by atoms with Crippen molar-refractivity contribution in [3.05, 3.63) is 77.2 Å². The molecular weight excluding hydrogens is 286 g/mol. The van der Waals surface area contributed by atoms with Gasteiger partial charge in [-0.3, -0.25) is 4.55 Å². The molecule has 0 aliphatic heterocycles. The van der Waals surface area contributed by atoms with E-state index in [1.807, 2.05) is 37.3 Å². The molecule has 0 fully saturated rings. The second-order valence-corrected chi connectivity index (χ2v) is 6.11. The number of nitrogens with two attached hydrogens (primary N) is 1. The maximum absolute atomic E-state index is 10.6. The third kappa shape index (κ3) is 6.74. The summed E-state index contributed by atoms with van der Waals surface area (Å²) in [6, 6.07) is 16.8. The molecule has 2 rings (SSSR count). The Morgan fingerprint density at radius 1 is 1.10 bits per heavy atom. The fourth-order valence-electron chi connectivity index (χ4n) is 1.48. The number of allylic oxidation sites excluding steroid dienone is 1. The zero-order valence-corrected chi connectivity index (χ0v) is 12.7. The molecule has 21 heavy (non-hydrogen) atoms. The molecule has 4 nitrogen and oxygen atoms in total. The van der Waals surface area contributed by atoms with Gasteiger partial charge in [-0.1, -0.05) is 54.6 Å². The summed E-state index contributed by atoms with van der Waals surface area (Å²) in [5, 5.41) is 0. The van der Waals surface area contributed by atoms with E-state index in [-0.39, 0.29) is 11.3 Å². The van der Waals surface area contributed by atoms with E-state index in [4.69, 9.17) is 10.3 Å². The molecule has 0 saturated carbocycles. The van der Waals surface area contributed by atoms with Gasteiger partial charge in [0.2, 0.25) is 0 Å². The first kappa shape index (κ1) is 16.9. The zero-order chi connectivity index (χ0) is 15.9. The molecule has 0 atom stereocenters. The summed E-state index contributed by atoms with van der Waals surface area (Å²) in [5.41, 5.74) is 8.32. The van der Waals surface area contributed by atoms with E-state index >= 15 is 0 Å². The lowest BCUT2D eigenvalue weighted by Crippen LogP contribution is -2.03. The van der Waals surface area contributed by atoms with Crippen molar-refractivity contribution in [1.29, 1.82) is 0 Å². The van der Waals surface area contributed by atoms with E-state index in [2.05, 4.69) is 6.58 Å². The van der Waals surface area contributed by atoms with Gasteiger partial charge in [0.05, 0.1) is 4.91 Å². The topological polar surface area (TPSA) is 80.4 Å². The summed E-state index contributed by atoms with van der Waals surface area (Å²) in [7, 11) is -4.10. The van der Waals surface area contributed by atoms with Gasteiger partial charge in [-0.25, -0.2) is 0 Å². The van der Waals surface area contributed by atoms with E-state index in [0.29, 0.717) is 0 Å². The van der Waals surface area contributed by atoms with Crippen LogP contribution in [0.4, 0.5) is 5.69 Å². The van der Waals surface area contributed by atoms with Crippen molar-refractivity contribution in [2.75, 3.05) is 5.73 Å².